The van der Waals surface area contributed by atoms with E-state index in [1.807, 2.05) is 31.3 Å². The summed E-state index contributed by atoms with van der Waals surface area (Å²) in [5, 5.41) is 8.08. The SMILES string of the molecule is CC(=Nc1ccc(-c2ccn3nc(NC4CC(C)(C5CCCC5=O)C4)ncc23)nc1C)C(C)CC(F)F. The molecule has 3 heterocycles. The van der Waals surface area contributed by atoms with Gasteiger partial charge in [-0.3, -0.25) is 14.8 Å². The number of aliphatic imine (C=N–C) groups is 1. The number of halogens is 2. The molecular formula is C28H34F2N6O. The largest absolute Gasteiger partial charge is 0.350 e. The highest BCUT2D eigenvalue weighted by molar-refractivity contribution is 5.87. The van der Waals surface area contributed by atoms with Gasteiger partial charge in [-0.25, -0.2) is 18.3 Å². The maximum Gasteiger partial charge on any atom is 0.241 e. The van der Waals surface area contributed by atoms with Crippen molar-refractivity contribution in [3.63, 3.8) is 0 Å². The van der Waals surface area contributed by atoms with Gasteiger partial charge in [0.15, 0.2) is 0 Å². The van der Waals surface area contributed by atoms with E-state index in [1.54, 1.807) is 24.6 Å². The number of aryl methyl sites for hydroxylation is 1. The van der Waals surface area contributed by atoms with E-state index in [0.29, 0.717) is 23.1 Å². The number of pyridine rings is 1. The number of rotatable bonds is 8. The van der Waals surface area contributed by atoms with Gasteiger partial charge in [0.25, 0.3) is 0 Å². The van der Waals surface area contributed by atoms with Crippen LogP contribution < -0.4 is 5.32 Å². The number of nitrogens with one attached hydrogen (secondary N) is 1. The summed E-state index contributed by atoms with van der Waals surface area (Å²) in [5.74, 6) is 0.910. The van der Waals surface area contributed by atoms with E-state index in [1.165, 1.54) is 0 Å². The van der Waals surface area contributed by atoms with Crippen LogP contribution in [0.15, 0.2) is 35.6 Å². The van der Waals surface area contributed by atoms with Crippen molar-refractivity contribution in [1.29, 1.82) is 0 Å². The minimum atomic E-state index is -2.35. The standard InChI is InChI=1S/C28H34F2N6O/c1-16(12-26(29)30)17(2)32-22-8-9-23(33-18(22)3)20-10-11-36-24(20)15-31-27(35-36)34-19-13-28(4,14-19)21-6-5-7-25(21)37/h8-11,15-16,19,21,26H,5-7,12-14H2,1-4H3,(H,34,35). The second kappa shape index (κ2) is 9.91. The van der Waals surface area contributed by atoms with Crippen molar-refractivity contribution in [1.82, 2.24) is 19.6 Å². The molecular weight excluding hydrogens is 474 g/mol. The zero-order valence-corrected chi connectivity index (χ0v) is 21.8. The number of hydrogen-bond acceptors (Lipinski definition) is 6. The fourth-order valence-corrected chi connectivity index (χ4v) is 5.93. The van der Waals surface area contributed by atoms with Crippen molar-refractivity contribution in [2.75, 3.05) is 5.32 Å². The monoisotopic (exact) mass is 508 g/mol. The molecule has 0 amide bonds. The fourth-order valence-electron chi connectivity index (χ4n) is 5.93. The highest BCUT2D eigenvalue weighted by atomic mass is 19.3. The van der Waals surface area contributed by atoms with Crippen LogP contribution in [0.5, 0.6) is 0 Å². The van der Waals surface area contributed by atoms with E-state index < -0.39 is 6.43 Å². The smallest absolute Gasteiger partial charge is 0.241 e. The molecule has 0 saturated heterocycles. The Morgan fingerprint density at radius 3 is 2.76 bits per heavy atom. The number of nitrogens with zero attached hydrogens (tertiary/aromatic N) is 5. The van der Waals surface area contributed by atoms with Gasteiger partial charge in [-0.05, 0) is 69.1 Å². The lowest BCUT2D eigenvalue weighted by molar-refractivity contribution is -0.126. The molecule has 2 saturated carbocycles. The van der Waals surface area contributed by atoms with Gasteiger partial charge in [0.2, 0.25) is 12.4 Å². The second-order valence-electron chi connectivity index (χ2n) is 11.0. The lowest BCUT2D eigenvalue weighted by Crippen LogP contribution is -2.49. The van der Waals surface area contributed by atoms with Gasteiger partial charge in [-0.2, -0.15) is 0 Å². The molecule has 2 fully saturated rings. The van der Waals surface area contributed by atoms with E-state index in [9.17, 15) is 13.6 Å². The Balaban J connectivity index is 1.28. The Morgan fingerprint density at radius 2 is 2.08 bits per heavy atom. The van der Waals surface area contributed by atoms with Crippen LogP contribution in [0.4, 0.5) is 20.4 Å². The summed E-state index contributed by atoms with van der Waals surface area (Å²) >= 11 is 0. The maximum atomic E-state index is 12.7. The number of ketones is 1. The van der Waals surface area contributed by atoms with E-state index in [2.05, 4.69) is 27.3 Å². The summed E-state index contributed by atoms with van der Waals surface area (Å²) in [6.45, 7) is 7.65. The fraction of sp³-hybridized carbons (Fsp3) is 0.536. The predicted octanol–water partition coefficient (Wildman–Crippen LogP) is 6.43. The Labute approximate surface area is 215 Å². The van der Waals surface area contributed by atoms with Gasteiger partial charge in [-0.15, -0.1) is 5.10 Å². The van der Waals surface area contributed by atoms with Crippen molar-refractivity contribution in [2.45, 2.75) is 78.7 Å². The van der Waals surface area contributed by atoms with Gasteiger partial charge in [0.05, 0.1) is 28.8 Å². The van der Waals surface area contributed by atoms with Crippen molar-refractivity contribution in [2.24, 2.45) is 22.2 Å². The average Bonchev–Trinajstić information content (AvgIpc) is 3.44. The third kappa shape index (κ3) is 5.13. The number of alkyl halides is 2. The summed E-state index contributed by atoms with van der Waals surface area (Å²) in [7, 11) is 0. The maximum absolute atomic E-state index is 12.7. The Morgan fingerprint density at radius 1 is 1.30 bits per heavy atom. The summed E-state index contributed by atoms with van der Waals surface area (Å²) < 4.78 is 27.2. The second-order valence-corrected chi connectivity index (χ2v) is 11.0. The Bertz CT molecular complexity index is 1340. The molecule has 7 nitrogen and oxygen atoms in total. The quantitative estimate of drug-likeness (QED) is 0.354. The molecule has 37 heavy (non-hydrogen) atoms. The Kier molecular flexibility index (Phi) is 6.81. The number of hydrogen-bond donors (Lipinski definition) is 1. The lowest BCUT2D eigenvalue weighted by atomic mass is 9.59. The van der Waals surface area contributed by atoms with Crippen LogP contribution in [0.3, 0.4) is 0 Å². The average molecular weight is 509 g/mol. The van der Waals surface area contributed by atoms with Crippen LogP contribution in [-0.4, -0.2) is 43.5 Å². The van der Waals surface area contributed by atoms with Crippen LogP contribution in [0.1, 0.15) is 65.0 Å². The van der Waals surface area contributed by atoms with E-state index in [4.69, 9.17) is 4.98 Å². The minimum Gasteiger partial charge on any atom is -0.350 e. The van der Waals surface area contributed by atoms with Crippen LogP contribution in [0.2, 0.25) is 0 Å². The molecule has 0 spiro atoms. The normalized spacial score (nSPS) is 25.1. The van der Waals surface area contributed by atoms with Crippen LogP contribution in [0.25, 0.3) is 16.8 Å². The molecule has 9 heteroatoms. The topological polar surface area (TPSA) is 84.5 Å². The van der Waals surface area contributed by atoms with E-state index in [0.717, 1.165) is 54.6 Å². The number of anilines is 1. The molecule has 2 atom stereocenters. The molecule has 2 unspecified atom stereocenters. The van der Waals surface area contributed by atoms with Crippen LogP contribution in [-0.2, 0) is 4.79 Å². The molecule has 3 aromatic rings. The number of carbonyl (C=O) groups is 1. The minimum absolute atomic E-state index is 0.0925. The predicted molar refractivity (Wildman–Crippen MR) is 141 cm³/mol. The first-order valence-electron chi connectivity index (χ1n) is 13.1. The molecule has 5 rings (SSSR count). The third-order valence-electron chi connectivity index (χ3n) is 8.20. The van der Waals surface area contributed by atoms with Gasteiger partial charge >= 0.3 is 0 Å². The van der Waals surface area contributed by atoms with Crippen LogP contribution in [0, 0.1) is 24.2 Å². The summed E-state index contributed by atoms with van der Waals surface area (Å²) in [4.78, 5) is 26.0. The molecule has 0 radical (unpaired) electrons. The van der Waals surface area contributed by atoms with E-state index >= 15 is 0 Å². The van der Waals surface area contributed by atoms with Gasteiger partial charge < -0.3 is 5.32 Å². The van der Waals surface area contributed by atoms with Crippen molar-refractivity contribution >= 4 is 28.6 Å². The number of Topliss-reactive ketones (excluding diaryl/α,β-unsaturated/α-hetero) is 1. The lowest BCUT2D eigenvalue weighted by Gasteiger charge is -2.48. The first-order chi connectivity index (χ1) is 17.6. The molecule has 196 valence electrons. The van der Waals surface area contributed by atoms with Gasteiger partial charge in [0, 0.05) is 42.3 Å². The van der Waals surface area contributed by atoms with Crippen LogP contribution >= 0.6 is 0 Å². The van der Waals surface area contributed by atoms with Crippen molar-refractivity contribution in [3.05, 3.63) is 36.3 Å². The molecule has 0 aromatic carbocycles. The summed E-state index contributed by atoms with van der Waals surface area (Å²) in [6, 6.07) is 5.99. The van der Waals surface area contributed by atoms with Crippen molar-refractivity contribution in [3.8, 4) is 11.3 Å². The zero-order chi connectivity index (χ0) is 26.3. The number of carbonyl (C=O) groups excluding carboxylic acids is 1. The summed E-state index contributed by atoms with van der Waals surface area (Å²) in [5.41, 5.74) is 4.69. The third-order valence-corrected chi connectivity index (χ3v) is 8.20. The number of aromatic nitrogens is 4. The Hall–Kier alpha value is -3.23. The molecule has 3 aromatic heterocycles. The first kappa shape index (κ1) is 25.4. The molecule has 0 aliphatic heterocycles. The van der Waals surface area contributed by atoms with Gasteiger partial charge in [0.1, 0.15) is 5.78 Å². The molecule has 2 aliphatic rings. The first-order valence-corrected chi connectivity index (χ1v) is 13.1. The number of fused-ring (bicyclic) bond motifs is 1. The van der Waals surface area contributed by atoms with Gasteiger partial charge in [-0.1, -0.05) is 13.8 Å². The molecule has 2 aliphatic carbocycles. The zero-order valence-electron chi connectivity index (χ0n) is 21.8. The summed E-state index contributed by atoms with van der Waals surface area (Å²) in [6.07, 6.45) is 5.83. The van der Waals surface area contributed by atoms with E-state index in [-0.39, 0.29) is 29.7 Å². The highest BCUT2D eigenvalue weighted by Crippen LogP contribution is 2.51. The van der Waals surface area contributed by atoms with Crippen molar-refractivity contribution < 1.29 is 13.6 Å². The molecule has 1 N–H and O–H groups in total. The molecule has 0 bridgehead atoms. The highest BCUT2D eigenvalue weighted by Gasteiger charge is 2.49.